The van der Waals surface area contributed by atoms with E-state index in [0.29, 0.717) is 26.1 Å². The molecule has 1 unspecified atom stereocenters. The molecule has 3 rings (SSSR count). The number of nitrogens with zero attached hydrogens (tertiary/aromatic N) is 1. The molecule has 1 fully saturated rings. The number of benzene rings is 1. The second-order valence-electron chi connectivity index (χ2n) is 9.35. The smallest absolute Gasteiger partial charge is 0.407 e. The van der Waals surface area contributed by atoms with Crippen LogP contribution in [-0.4, -0.2) is 59.6 Å². The number of aryl methyl sites for hydroxylation is 1. The molecule has 1 atom stereocenters. The lowest BCUT2D eigenvalue weighted by atomic mass is 9.96. The zero-order valence-corrected chi connectivity index (χ0v) is 19.4. The topological polar surface area (TPSA) is 104 Å². The van der Waals surface area contributed by atoms with Crippen molar-refractivity contribution in [3.63, 3.8) is 0 Å². The van der Waals surface area contributed by atoms with Gasteiger partial charge in [-0.1, -0.05) is 18.2 Å². The van der Waals surface area contributed by atoms with Crippen LogP contribution < -0.4 is 10.6 Å². The second-order valence-corrected chi connectivity index (χ2v) is 9.35. The van der Waals surface area contributed by atoms with E-state index >= 15 is 0 Å². The largest absolute Gasteiger partial charge is 0.444 e. The number of ether oxygens (including phenoxy) is 1. The molecule has 174 valence electrons. The Bertz CT molecular complexity index is 976. The summed E-state index contributed by atoms with van der Waals surface area (Å²) in [7, 11) is 0. The maximum Gasteiger partial charge on any atom is 0.407 e. The van der Waals surface area contributed by atoms with Gasteiger partial charge in [-0.05, 0) is 52.2 Å². The van der Waals surface area contributed by atoms with Crippen molar-refractivity contribution in [2.24, 2.45) is 5.92 Å². The number of aromatic amines is 1. The van der Waals surface area contributed by atoms with E-state index in [9.17, 15) is 14.4 Å². The second kappa shape index (κ2) is 10.1. The lowest BCUT2D eigenvalue weighted by Gasteiger charge is -2.32. The number of fused-ring (bicyclic) bond motifs is 1. The molecule has 2 heterocycles. The summed E-state index contributed by atoms with van der Waals surface area (Å²) >= 11 is 0. The monoisotopic (exact) mass is 442 g/mol. The van der Waals surface area contributed by atoms with Crippen molar-refractivity contribution in [1.29, 1.82) is 0 Å². The standard InChI is InChI=1S/C24H34N4O4/c1-16-19(18-9-5-6-10-20(18)27-16)14-21(29)28-13-7-8-17(15-28)22(30)25-11-12-26-23(31)32-24(2,3)4/h5-6,9-10,17,27H,7-8,11-15H2,1-4H3,(H,25,30)(H,26,31). The Labute approximate surface area is 189 Å². The van der Waals surface area contributed by atoms with Crippen molar-refractivity contribution in [2.75, 3.05) is 26.2 Å². The summed E-state index contributed by atoms with van der Waals surface area (Å²) in [5.41, 5.74) is 2.49. The van der Waals surface area contributed by atoms with Crippen LogP contribution in [0.15, 0.2) is 24.3 Å². The fraction of sp³-hybridized carbons (Fsp3) is 0.542. The number of hydrogen-bond donors (Lipinski definition) is 3. The first-order valence-electron chi connectivity index (χ1n) is 11.2. The number of nitrogens with one attached hydrogen (secondary N) is 3. The van der Waals surface area contributed by atoms with Gasteiger partial charge in [-0.2, -0.15) is 0 Å². The van der Waals surface area contributed by atoms with E-state index in [4.69, 9.17) is 4.74 Å². The number of likely N-dealkylation sites (tertiary alicyclic amines) is 1. The lowest BCUT2D eigenvalue weighted by molar-refractivity contribution is -0.135. The van der Waals surface area contributed by atoms with E-state index in [2.05, 4.69) is 15.6 Å². The number of carbonyl (C=O) groups is 3. The van der Waals surface area contributed by atoms with Gasteiger partial charge in [-0.25, -0.2) is 4.79 Å². The molecule has 1 aliphatic rings. The van der Waals surface area contributed by atoms with E-state index in [1.54, 1.807) is 25.7 Å². The van der Waals surface area contributed by atoms with Gasteiger partial charge in [0.2, 0.25) is 11.8 Å². The summed E-state index contributed by atoms with van der Waals surface area (Å²) < 4.78 is 5.17. The molecule has 1 aromatic heterocycles. The van der Waals surface area contributed by atoms with Crippen LogP contribution in [0.3, 0.4) is 0 Å². The van der Waals surface area contributed by atoms with E-state index in [-0.39, 0.29) is 24.3 Å². The molecule has 3 N–H and O–H groups in total. The van der Waals surface area contributed by atoms with Crippen LogP contribution >= 0.6 is 0 Å². The average molecular weight is 443 g/mol. The van der Waals surface area contributed by atoms with Crippen molar-refractivity contribution < 1.29 is 19.1 Å². The number of piperidine rings is 1. The quantitative estimate of drug-likeness (QED) is 0.599. The maximum absolute atomic E-state index is 13.0. The number of carbonyl (C=O) groups excluding carboxylic acids is 3. The van der Waals surface area contributed by atoms with E-state index in [1.807, 2.05) is 31.2 Å². The fourth-order valence-corrected chi connectivity index (χ4v) is 4.05. The number of rotatable bonds is 6. The van der Waals surface area contributed by atoms with Gasteiger partial charge in [0.1, 0.15) is 5.60 Å². The van der Waals surface area contributed by atoms with E-state index < -0.39 is 11.7 Å². The SMILES string of the molecule is Cc1[nH]c2ccccc2c1CC(=O)N1CCCC(C(=O)NCCNC(=O)OC(C)(C)C)C1. The van der Waals surface area contributed by atoms with Crippen LogP contribution in [-0.2, 0) is 20.7 Å². The van der Waals surface area contributed by atoms with Crippen molar-refractivity contribution in [2.45, 2.75) is 52.6 Å². The molecule has 3 amide bonds. The number of hydrogen-bond acceptors (Lipinski definition) is 4. The van der Waals surface area contributed by atoms with Gasteiger partial charge >= 0.3 is 6.09 Å². The molecule has 8 heteroatoms. The van der Waals surface area contributed by atoms with Crippen molar-refractivity contribution >= 4 is 28.8 Å². The van der Waals surface area contributed by atoms with Crippen LogP contribution in [0.1, 0.15) is 44.9 Å². The molecule has 0 saturated carbocycles. The number of alkyl carbamates (subject to hydrolysis) is 1. The minimum absolute atomic E-state index is 0.0435. The summed E-state index contributed by atoms with van der Waals surface area (Å²) in [4.78, 5) is 42.4. The highest BCUT2D eigenvalue weighted by atomic mass is 16.6. The number of aromatic nitrogens is 1. The van der Waals surface area contributed by atoms with Gasteiger partial charge in [0, 0.05) is 42.8 Å². The van der Waals surface area contributed by atoms with Crippen molar-refractivity contribution in [1.82, 2.24) is 20.5 Å². The minimum atomic E-state index is -0.559. The van der Waals surface area contributed by atoms with Gasteiger partial charge in [0.05, 0.1) is 12.3 Å². The molecule has 0 spiro atoms. The number of amides is 3. The van der Waals surface area contributed by atoms with Crippen LogP contribution in [0, 0.1) is 12.8 Å². The van der Waals surface area contributed by atoms with E-state index in [1.165, 1.54) is 0 Å². The summed E-state index contributed by atoms with van der Waals surface area (Å²) in [6.07, 6.45) is 1.37. The predicted molar refractivity (Wildman–Crippen MR) is 123 cm³/mol. The van der Waals surface area contributed by atoms with E-state index in [0.717, 1.165) is 35.0 Å². The zero-order chi connectivity index (χ0) is 23.3. The summed E-state index contributed by atoms with van der Waals surface area (Å²) in [5.74, 6) is -0.281. The fourth-order valence-electron chi connectivity index (χ4n) is 4.05. The molecule has 0 bridgehead atoms. The third-order valence-electron chi connectivity index (χ3n) is 5.59. The number of para-hydroxylation sites is 1. The van der Waals surface area contributed by atoms with Gasteiger partial charge in [-0.15, -0.1) is 0 Å². The first kappa shape index (κ1) is 23.6. The first-order valence-corrected chi connectivity index (χ1v) is 11.2. The molecule has 1 aromatic carbocycles. The van der Waals surface area contributed by atoms with Crippen LogP contribution in [0.4, 0.5) is 4.79 Å². The molecule has 1 aliphatic heterocycles. The molecule has 1 saturated heterocycles. The Morgan fingerprint density at radius 3 is 2.62 bits per heavy atom. The van der Waals surface area contributed by atoms with Gasteiger partial charge < -0.3 is 25.3 Å². The molecule has 8 nitrogen and oxygen atoms in total. The number of H-pyrrole nitrogens is 1. The average Bonchev–Trinajstić information content (AvgIpc) is 3.05. The Morgan fingerprint density at radius 2 is 1.88 bits per heavy atom. The predicted octanol–water partition coefficient (Wildman–Crippen LogP) is 2.90. The van der Waals surface area contributed by atoms with Gasteiger partial charge in [0.15, 0.2) is 0 Å². The molecular weight excluding hydrogens is 408 g/mol. The highest BCUT2D eigenvalue weighted by Gasteiger charge is 2.29. The molecule has 32 heavy (non-hydrogen) atoms. The molecule has 0 aliphatic carbocycles. The van der Waals surface area contributed by atoms with Gasteiger partial charge in [0.25, 0.3) is 0 Å². The first-order chi connectivity index (χ1) is 15.1. The van der Waals surface area contributed by atoms with Crippen LogP contribution in [0.5, 0.6) is 0 Å². The van der Waals surface area contributed by atoms with Crippen LogP contribution in [0.25, 0.3) is 10.9 Å². The molecule has 0 radical (unpaired) electrons. The Balaban J connectivity index is 1.48. The highest BCUT2D eigenvalue weighted by molar-refractivity contribution is 5.90. The summed E-state index contributed by atoms with van der Waals surface area (Å²) in [6.45, 7) is 9.07. The Kier molecular flexibility index (Phi) is 7.43. The van der Waals surface area contributed by atoms with Crippen molar-refractivity contribution in [3.05, 3.63) is 35.5 Å². The lowest BCUT2D eigenvalue weighted by Crippen LogP contribution is -2.47. The molecule has 2 aromatic rings. The molecular formula is C24H34N4O4. The normalized spacial score (nSPS) is 16.6. The zero-order valence-electron chi connectivity index (χ0n) is 19.4. The minimum Gasteiger partial charge on any atom is -0.444 e. The summed E-state index contributed by atoms with van der Waals surface area (Å²) in [6, 6.07) is 7.98. The van der Waals surface area contributed by atoms with Crippen LogP contribution in [0.2, 0.25) is 0 Å². The van der Waals surface area contributed by atoms with Gasteiger partial charge in [-0.3, -0.25) is 9.59 Å². The highest BCUT2D eigenvalue weighted by Crippen LogP contribution is 2.24. The Morgan fingerprint density at radius 1 is 1.16 bits per heavy atom. The summed E-state index contributed by atoms with van der Waals surface area (Å²) in [5, 5.41) is 6.55. The Hall–Kier alpha value is -3.03. The third kappa shape index (κ3) is 6.24. The maximum atomic E-state index is 13.0. The van der Waals surface area contributed by atoms with Crippen molar-refractivity contribution in [3.8, 4) is 0 Å². The third-order valence-corrected chi connectivity index (χ3v) is 5.59.